The Balaban J connectivity index is 1.86. The molecule has 12 heteroatoms. The molecule has 0 unspecified atom stereocenters. The van der Waals surface area contributed by atoms with Gasteiger partial charge in [0.25, 0.3) is 16.9 Å². The van der Waals surface area contributed by atoms with Crippen LogP contribution in [0.5, 0.6) is 0 Å². The minimum atomic E-state index is -0.879. The Morgan fingerprint density at radius 3 is 2.43 bits per heavy atom. The number of nitrogens with zero attached hydrogens (tertiary/aromatic N) is 4. The van der Waals surface area contributed by atoms with Crippen LogP contribution in [0.3, 0.4) is 0 Å². The van der Waals surface area contributed by atoms with Crippen molar-refractivity contribution in [3.05, 3.63) is 79.1 Å². The molecule has 2 aromatic carbocycles. The highest BCUT2D eigenvalue weighted by Crippen LogP contribution is 2.21. The number of hydrogen-bond donors (Lipinski definition) is 1. The summed E-state index contributed by atoms with van der Waals surface area (Å²) in [6.45, 7) is -0.541. The first kappa shape index (κ1) is 18.6. The highest BCUT2D eigenvalue weighted by molar-refractivity contribution is 5.91. The number of fused-ring (bicyclic) bond motifs is 1. The number of carbonyl (C=O) groups is 1. The van der Waals surface area contributed by atoms with Crippen LogP contribution in [0.2, 0.25) is 0 Å². The number of nitro groups is 2. The van der Waals surface area contributed by atoms with E-state index in [2.05, 4.69) is 10.3 Å². The van der Waals surface area contributed by atoms with Gasteiger partial charge in [0, 0.05) is 24.3 Å². The molecule has 0 aliphatic carbocycles. The Morgan fingerprint density at radius 2 is 1.75 bits per heavy atom. The Morgan fingerprint density at radius 1 is 1.11 bits per heavy atom. The van der Waals surface area contributed by atoms with Crippen molar-refractivity contribution in [1.29, 1.82) is 0 Å². The van der Waals surface area contributed by atoms with Gasteiger partial charge in [0.1, 0.15) is 12.4 Å². The topological polar surface area (TPSA) is 150 Å². The quantitative estimate of drug-likeness (QED) is 0.519. The molecule has 3 rings (SSSR count). The number of amides is 1. The summed E-state index contributed by atoms with van der Waals surface area (Å²) in [5.74, 6) is -1.69. The number of carbonyl (C=O) groups excluding carboxylic acids is 1. The fourth-order valence-corrected chi connectivity index (χ4v) is 2.44. The van der Waals surface area contributed by atoms with Crippen molar-refractivity contribution >= 4 is 33.9 Å². The van der Waals surface area contributed by atoms with E-state index in [0.717, 1.165) is 41.2 Å². The number of nitro benzene ring substituents is 2. The first-order chi connectivity index (χ1) is 13.3. The SMILES string of the molecule is O=C(Cn1cnc2cc([N+](=O)[O-])ccc2c1=O)Nc1cc([N+](=O)[O-])ccc1F. The lowest BCUT2D eigenvalue weighted by Crippen LogP contribution is -2.28. The molecule has 1 heterocycles. The highest BCUT2D eigenvalue weighted by atomic mass is 19.1. The molecule has 0 saturated heterocycles. The fraction of sp³-hybridized carbons (Fsp3) is 0.0625. The molecule has 0 atom stereocenters. The standard InChI is InChI=1S/C16H10FN5O6/c17-12-4-2-10(22(27)28)6-14(12)19-15(23)7-20-8-18-13-5-9(21(25)26)1-3-11(13)16(20)24/h1-6,8H,7H2,(H,19,23). The van der Waals surface area contributed by atoms with Gasteiger partial charge >= 0.3 is 0 Å². The molecule has 3 aromatic rings. The van der Waals surface area contributed by atoms with Gasteiger partial charge in [-0.15, -0.1) is 0 Å². The summed E-state index contributed by atoms with van der Waals surface area (Å²) < 4.78 is 14.7. The monoisotopic (exact) mass is 387 g/mol. The summed E-state index contributed by atoms with van der Waals surface area (Å²) in [6.07, 6.45) is 1.03. The Kier molecular flexibility index (Phi) is 4.76. The van der Waals surface area contributed by atoms with Crippen molar-refractivity contribution in [3.63, 3.8) is 0 Å². The van der Waals surface area contributed by atoms with Gasteiger partial charge in [-0.2, -0.15) is 0 Å². The molecule has 0 fully saturated rings. The molecule has 28 heavy (non-hydrogen) atoms. The molecule has 0 spiro atoms. The van der Waals surface area contributed by atoms with Crippen LogP contribution < -0.4 is 10.9 Å². The van der Waals surface area contributed by atoms with Gasteiger partial charge in [0.2, 0.25) is 5.91 Å². The number of nitrogens with one attached hydrogen (secondary N) is 1. The van der Waals surface area contributed by atoms with Crippen molar-refractivity contribution in [3.8, 4) is 0 Å². The average molecular weight is 387 g/mol. The Hall–Kier alpha value is -4.22. The summed E-state index contributed by atoms with van der Waals surface area (Å²) in [5, 5.41) is 23.7. The molecule has 11 nitrogen and oxygen atoms in total. The molecule has 142 valence electrons. The van der Waals surface area contributed by atoms with Crippen LogP contribution in [0, 0.1) is 26.0 Å². The van der Waals surface area contributed by atoms with E-state index in [0.29, 0.717) is 0 Å². The number of benzene rings is 2. The fourth-order valence-electron chi connectivity index (χ4n) is 2.44. The molecular formula is C16H10FN5O6. The second-order valence-corrected chi connectivity index (χ2v) is 5.61. The first-order valence-corrected chi connectivity index (χ1v) is 7.63. The van der Waals surface area contributed by atoms with Gasteiger partial charge in [0.15, 0.2) is 0 Å². The Labute approximate surface area is 154 Å². The van der Waals surface area contributed by atoms with Gasteiger partial charge in [-0.3, -0.25) is 34.4 Å². The number of rotatable bonds is 5. The van der Waals surface area contributed by atoms with Gasteiger partial charge in [-0.1, -0.05) is 0 Å². The predicted octanol–water partition coefficient (Wildman–Crippen LogP) is 1.99. The van der Waals surface area contributed by atoms with Crippen molar-refractivity contribution in [2.24, 2.45) is 0 Å². The Bertz CT molecular complexity index is 1190. The van der Waals surface area contributed by atoms with Gasteiger partial charge in [0.05, 0.1) is 32.8 Å². The maximum absolute atomic E-state index is 13.7. The van der Waals surface area contributed by atoms with Crippen LogP contribution in [0.1, 0.15) is 0 Å². The van der Waals surface area contributed by atoms with Crippen molar-refractivity contribution in [2.45, 2.75) is 6.54 Å². The molecule has 0 saturated carbocycles. The van der Waals surface area contributed by atoms with E-state index >= 15 is 0 Å². The van der Waals surface area contributed by atoms with Crippen LogP contribution in [0.15, 0.2) is 47.5 Å². The molecule has 0 radical (unpaired) electrons. The summed E-state index contributed by atoms with van der Waals surface area (Å²) in [4.78, 5) is 48.6. The number of anilines is 1. The maximum atomic E-state index is 13.7. The molecule has 0 bridgehead atoms. The zero-order valence-electron chi connectivity index (χ0n) is 13.9. The molecule has 1 N–H and O–H groups in total. The lowest BCUT2D eigenvalue weighted by molar-refractivity contribution is -0.385. The summed E-state index contributed by atoms with van der Waals surface area (Å²) in [5.41, 5.74) is -1.61. The maximum Gasteiger partial charge on any atom is 0.271 e. The highest BCUT2D eigenvalue weighted by Gasteiger charge is 2.15. The lowest BCUT2D eigenvalue weighted by atomic mass is 10.2. The first-order valence-electron chi connectivity index (χ1n) is 7.63. The molecule has 0 aliphatic heterocycles. The molecule has 1 aromatic heterocycles. The van der Waals surface area contributed by atoms with E-state index < -0.39 is 45.0 Å². The second-order valence-electron chi connectivity index (χ2n) is 5.61. The van der Waals surface area contributed by atoms with Gasteiger partial charge in [-0.05, 0) is 12.1 Å². The normalized spacial score (nSPS) is 10.6. The van der Waals surface area contributed by atoms with Gasteiger partial charge < -0.3 is 5.32 Å². The number of non-ortho nitro benzene ring substituents is 2. The second kappa shape index (κ2) is 7.19. The molecule has 0 aliphatic rings. The minimum absolute atomic E-state index is 0.0578. The zero-order chi connectivity index (χ0) is 20.4. The van der Waals surface area contributed by atoms with Crippen LogP contribution in [0.25, 0.3) is 10.9 Å². The number of halogens is 1. The van der Waals surface area contributed by atoms with E-state index in [1.54, 1.807) is 0 Å². The molecule has 1 amide bonds. The number of hydrogen-bond acceptors (Lipinski definition) is 7. The van der Waals surface area contributed by atoms with E-state index in [-0.39, 0.29) is 16.6 Å². The third-order valence-electron chi connectivity index (χ3n) is 3.77. The third kappa shape index (κ3) is 3.65. The van der Waals surface area contributed by atoms with Crippen LogP contribution in [0.4, 0.5) is 21.5 Å². The van der Waals surface area contributed by atoms with Gasteiger partial charge in [-0.25, -0.2) is 9.37 Å². The largest absolute Gasteiger partial charge is 0.322 e. The molecular weight excluding hydrogens is 377 g/mol. The zero-order valence-corrected chi connectivity index (χ0v) is 13.9. The smallest absolute Gasteiger partial charge is 0.271 e. The summed E-state index contributed by atoms with van der Waals surface area (Å²) in [6, 6.07) is 6.12. The predicted molar refractivity (Wildman–Crippen MR) is 94.3 cm³/mol. The minimum Gasteiger partial charge on any atom is -0.322 e. The van der Waals surface area contributed by atoms with Crippen LogP contribution in [-0.4, -0.2) is 25.3 Å². The third-order valence-corrected chi connectivity index (χ3v) is 3.77. The van der Waals surface area contributed by atoms with E-state index in [9.17, 15) is 34.2 Å². The van der Waals surface area contributed by atoms with Crippen LogP contribution >= 0.6 is 0 Å². The van der Waals surface area contributed by atoms with E-state index in [1.807, 2.05) is 0 Å². The summed E-state index contributed by atoms with van der Waals surface area (Å²) in [7, 11) is 0. The van der Waals surface area contributed by atoms with Crippen molar-refractivity contribution in [2.75, 3.05) is 5.32 Å². The van der Waals surface area contributed by atoms with E-state index in [1.165, 1.54) is 6.07 Å². The van der Waals surface area contributed by atoms with Crippen molar-refractivity contribution in [1.82, 2.24) is 9.55 Å². The van der Waals surface area contributed by atoms with E-state index in [4.69, 9.17) is 0 Å². The lowest BCUT2D eigenvalue weighted by Gasteiger charge is -2.08. The summed E-state index contributed by atoms with van der Waals surface area (Å²) >= 11 is 0. The number of aromatic nitrogens is 2. The van der Waals surface area contributed by atoms with Crippen LogP contribution in [-0.2, 0) is 11.3 Å². The average Bonchev–Trinajstić information content (AvgIpc) is 2.65. The van der Waals surface area contributed by atoms with Crippen molar-refractivity contribution < 1.29 is 19.0 Å².